The highest BCUT2D eigenvalue weighted by Crippen LogP contribution is 2.60. The van der Waals surface area contributed by atoms with Gasteiger partial charge in [0.25, 0.3) is 0 Å². The van der Waals surface area contributed by atoms with Gasteiger partial charge in [-0.05, 0) is 48.9 Å². The Morgan fingerprint density at radius 3 is 2.00 bits per heavy atom. The largest absolute Gasteiger partial charge is 0.508 e. The molecular formula is C36H37NO4. The van der Waals surface area contributed by atoms with Gasteiger partial charge in [-0.15, -0.1) is 0 Å². The molecular weight excluding hydrogens is 510 g/mol. The molecule has 0 aromatic heterocycles. The maximum atomic E-state index is 14.1. The number of hydrogen-bond acceptors (Lipinski definition) is 4. The van der Waals surface area contributed by atoms with E-state index in [4.69, 9.17) is 4.74 Å². The molecule has 4 aromatic carbocycles. The van der Waals surface area contributed by atoms with Crippen LogP contribution in [-0.4, -0.2) is 41.2 Å². The van der Waals surface area contributed by atoms with Gasteiger partial charge in [0, 0.05) is 35.5 Å². The first-order valence-electron chi connectivity index (χ1n) is 14.4. The molecule has 1 amide bonds. The summed E-state index contributed by atoms with van der Waals surface area (Å²) in [5.41, 5.74) is 2.21. The maximum absolute atomic E-state index is 14.1. The van der Waals surface area contributed by atoms with Crippen molar-refractivity contribution in [1.29, 1.82) is 0 Å². The third kappa shape index (κ3) is 4.40. The van der Waals surface area contributed by atoms with Crippen LogP contribution in [0.25, 0.3) is 0 Å². The van der Waals surface area contributed by atoms with Gasteiger partial charge in [0.1, 0.15) is 11.5 Å². The first-order valence-corrected chi connectivity index (χ1v) is 14.4. The molecule has 1 saturated heterocycles. The van der Waals surface area contributed by atoms with Crippen molar-refractivity contribution in [2.75, 3.05) is 20.2 Å². The lowest BCUT2D eigenvalue weighted by molar-refractivity contribution is -0.132. The number of rotatable bonds is 6. The van der Waals surface area contributed by atoms with Crippen molar-refractivity contribution < 1.29 is 19.7 Å². The van der Waals surface area contributed by atoms with E-state index in [1.807, 2.05) is 60.4 Å². The van der Waals surface area contributed by atoms with E-state index in [1.54, 1.807) is 19.2 Å². The number of hydrogen-bond donors (Lipinski definition) is 2. The Bertz CT molecular complexity index is 1480. The number of para-hydroxylation sites is 2. The van der Waals surface area contributed by atoms with Crippen LogP contribution in [0.2, 0.25) is 0 Å². The highest BCUT2D eigenvalue weighted by molar-refractivity contribution is 5.84. The number of aliphatic hydroxyl groups is 1. The van der Waals surface area contributed by atoms with Gasteiger partial charge in [-0.1, -0.05) is 97.1 Å². The Balaban J connectivity index is 1.49. The summed E-state index contributed by atoms with van der Waals surface area (Å²) < 4.78 is 5.75. The molecule has 4 atom stereocenters. The zero-order valence-corrected chi connectivity index (χ0v) is 23.6. The lowest BCUT2D eigenvalue weighted by Gasteiger charge is -2.53. The van der Waals surface area contributed by atoms with Crippen LogP contribution in [0.4, 0.5) is 0 Å². The molecule has 1 aliphatic carbocycles. The molecule has 2 aliphatic rings. The standard InChI is InChI=1S/C36H37NO4/c1-25(28-17-9-11-19-32(28)38)34(39)37-23-30-31(24-37)36(40,29-18-10-12-20-33(29)41-2)22-21-35(30,26-13-5-3-6-14-26)27-15-7-4-8-16-27/h3-20,25,30-31,38,40H,21-24H2,1-2H3/t25-,30-,31+,36+/m0/s1. The van der Waals surface area contributed by atoms with Gasteiger partial charge >= 0.3 is 0 Å². The van der Waals surface area contributed by atoms with Crippen molar-refractivity contribution in [2.45, 2.75) is 36.7 Å². The monoisotopic (exact) mass is 547 g/mol. The Kier molecular flexibility index (Phi) is 7.08. The van der Waals surface area contributed by atoms with E-state index in [-0.39, 0.29) is 23.5 Å². The second-order valence-electron chi connectivity index (χ2n) is 11.6. The molecule has 5 nitrogen and oxygen atoms in total. The second-order valence-corrected chi connectivity index (χ2v) is 11.6. The highest BCUT2D eigenvalue weighted by Gasteiger charge is 2.61. The van der Waals surface area contributed by atoms with Gasteiger partial charge in [0.05, 0.1) is 18.6 Å². The first-order chi connectivity index (χ1) is 19.9. The molecule has 1 saturated carbocycles. The molecule has 4 aromatic rings. The number of likely N-dealkylation sites (tertiary alicyclic amines) is 1. The molecule has 0 bridgehead atoms. The molecule has 0 radical (unpaired) electrons. The predicted molar refractivity (Wildman–Crippen MR) is 160 cm³/mol. The fourth-order valence-electron chi connectivity index (χ4n) is 7.68. The van der Waals surface area contributed by atoms with Crippen LogP contribution in [0, 0.1) is 11.8 Å². The smallest absolute Gasteiger partial charge is 0.229 e. The Morgan fingerprint density at radius 2 is 1.37 bits per heavy atom. The number of phenolic OH excluding ortho intramolecular Hbond substituents is 1. The van der Waals surface area contributed by atoms with Gasteiger partial charge in [-0.3, -0.25) is 4.79 Å². The number of ether oxygens (including phenoxy) is 1. The molecule has 1 heterocycles. The topological polar surface area (TPSA) is 70.0 Å². The first kappa shape index (κ1) is 27.1. The molecule has 0 spiro atoms. The minimum atomic E-state index is -1.18. The zero-order chi connectivity index (χ0) is 28.6. The lowest BCUT2D eigenvalue weighted by atomic mass is 9.52. The molecule has 41 heavy (non-hydrogen) atoms. The minimum Gasteiger partial charge on any atom is -0.508 e. The number of phenols is 1. The number of aromatic hydroxyl groups is 1. The van der Waals surface area contributed by atoms with E-state index < -0.39 is 16.9 Å². The third-order valence-electron chi connectivity index (χ3n) is 9.70. The van der Waals surface area contributed by atoms with E-state index in [0.717, 1.165) is 5.56 Å². The number of methoxy groups -OCH3 is 1. The fraction of sp³-hybridized carbons (Fsp3) is 0.306. The predicted octanol–water partition coefficient (Wildman–Crippen LogP) is 6.25. The minimum absolute atomic E-state index is 0.0432. The van der Waals surface area contributed by atoms with Gasteiger partial charge in [-0.2, -0.15) is 0 Å². The molecule has 210 valence electrons. The molecule has 0 unspecified atom stereocenters. The quantitative estimate of drug-likeness (QED) is 0.300. The van der Waals surface area contributed by atoms with Gasteiger partial charge < -0.3 is 19.8 Å². The summed E-state index contributed by atoms with van der Waals surface area (Å²) in [4.78, 5) is 16.0. The number of benzene rings is 4. The summed E-state index contributed by atoms with van der Waals surface area (Å²) in [6.07, 6.45) is 1.24. The summed E-state index contributed by atoms with van der Waals surface area (Å²) in [5, 5.41) is 23.2. The number of carbonyl (C=O) groups is 1. The number of amides is 1. The second kappa shape index (κ2) is 10.7. The van der Waals surface area contributed by atoms with Gasteiger partial charge in [0.2, 0.25) is 5.91 Å². The van der Waals surface area contributed by atoms with Crippen molar-refractivity contribution in [1.82, 2.24) is 4.90 Å². The van der Waals surface area contributed by atoms with Crippen molar-refractivity contribution in [3.05, 3.63) is 131 Å². The average Bonchev–Trinajstić information content (AvgIpc) is 3.49. The molecule has 1 aliphatic heterocycles. The van der Waals surface area contributed by atoms with Crippen LogP contribution in [0.3, 0.4) is 0 Å². The fourth-order valence-corrected chi connectivity index (χ4v) is 7.68. The molecule has 2 N–H and O–H groups in total. The molecule has 6 rings (SSSR count). The van der Waals surface area contributed by atoms with Gasteiger partial charge in [0.15, 0.2) is 0 Å². The normalized spacial score (nSPS) is 23.9. The van der Waals surface area contributed by atoms with Crippen LogP contribution in [0.1, 0.15) is 47.9 Å². The number of fused-ring (bicyclic) bond motifs is 1. The van der Waals surface area contributed by atoms with Gasteiger partial charge in [-0.25, -0.2) is 0 Å². The Morgan fingerprint density at radius 1 is 0.805 bits per heavy atom. The highest BCUT2D eigenvalue weighted by atomic mass is 16.5. The number of nitrogens with zero attached hydrogens (tertiary/aromatic N) is 1. The summed E-state index contributed by atoms with van der Waals surface area (Å²) in [5.74, 6) is -0.0757. The number of carbonyl (C=O) groups excluding carboxylic acids is 1. The summed E-state index contributed by atoms with van der Waals surface area (Å²) in [6.45, 7) is 2.77. The summed E-state index contributed by atoms with van der Waals surface area (Å²) in [6, 6.07) is 35.9. The van der Waals surface area contributed by atoms with E-state index >= 15 is 0 Å². The van der Waals surface area contributed by atoms with Crippen LogP contribution in [-0.2, 0) is 15.8 Å². The Labute approximate surface area is 242 Å². The zero-order valence-electron chi connectivity index (χ0n) is 23.6. The van der Waals surface area contributed by atoms with E-state index in [2.05, 4.69) is 48.5 Å². The Hall–Kier alpha value is -4.09. The van der Waals surface area contributed by atoms with Crippen molar-refractivity contribution >= 4 is 5.91 Å². The molecule has 5 heteroatoms. The van der Waals surface area contributed by atoms with Crippen LogP contribution in [0.15, 0.2) is 109 Å². The lowest BCUT2D eigenvalue weighted by Crippen LogP contribution is -2.53. The van der Waals surface area contributed by atoms with Crippen molar-refractivity contribution in [3.63, 3.8) is 0 Å². The van der Waals surface area contributed by atoms with E-state index in [0.29, 0.717) is 37.2 Å². The van der Waals surface area contributed by atoms with Crippen LogP contribution < -0.4 is 4.74 Å². The summed E-state index contributed by atoms with van der Waals surface area (Å²) >= 11 is 0. The van der Waals surface area contributed by atoms with Crippen molar-refractivity contribution in [2.24, 2.45) is 11.8 Å². The maximum Gasteiger partial charge on any atom is 0.229 e. The average molecular weight is 548 g/mol. The SMILES string of the molecule is COc1ccccc1[C@]1(O)CCC(c2ccccc2)(c2ccccc2)[C@H]2CN(C(=O)[C@@H](C)c3ccccc3O)C[C@H]21. The summed E-state index contributed by atoms with van der Waals surface area (Å²) in [7, 11) is 1.64. The van der Waals surface area contributed by atoms with Crippen LogP contribution >= 0.6 is 0 Å². The van der Waals surface area contributed by atoms with E-state index in [1.165, 1.54) is 11.1 Å². The van der Waals surface area contributed by atoms with Crippen molar-refractivity contribution in [3.8, 4) is 11.5 Å². The van der Waals surface area contributed by atoms with Crippen LogP contribution in [0.5, 0.6) is 11.5 Å². The third-order valence-corrected chi connectivity index (χ3v) is 9.70. The van der Waals surface area contributed by atoms with E-state index in [9.17, 15) is 15.0 Å². The molecule has 2 fully saturated rings.